The molecule has 0 bridgehead atoms. The molecule has 134 valence electrons. The van der Waals surface area contributed by atoms with Crippen LogP contribution in [-0.4, -0.2) is 34.8 Å². The van der Waals surface area contributed by atoms with Crippen LogP contribution in [0.15, 0.2) is 30.6 Å². The molecule has 2 atom stereocenters. The van der Waals surface area contributed by atoms with Gasteiger partial charge in [-0.2, -0.15) is 5.10 Å². The number of nitrogens with zero attached hydrogens (tertiary/aromatic N) is 2. The van der Waals surface area contributed by atoms with Crippen molar-refractivity contribution in [3.63, 3.8) is 0 Å². The third kappa shape index (κ3) is 4.42. The number of aromatic nitrogens is 2. The molecular formula is C18H22F2N4O. The van der Waals surface area contributed by atoms with Gasteiger partial charge in [-0.15, -0.1) is 0 Å². The maximum absolute atomic E-state index is 13.5. The van der Waals surface area contributed by atoms with Gasteiger partial charge in [0.15, 0.2) is 11.6 Å². The largest absolute Gasteiger partial charge is 0.351 e. The maximum Gasteiger partial charge on any atom is 0.220 e. The number of hydrogen-bond acceptors (Lipinski definition) is 3. The summed E-state index contributed by atoms with van der Waals surface area (Å²) in [7, 11) is 1.84. The lowest BCUT2D eigenvalue weighted by Crippen LogP contribution is -2.50. The summed E-state index contributed by atoms with van der Waals surface area (Å²) < 4.78 is 28.4. The number of benzene rings is 1. The summed E-state index contributed by atoms with van der Waals surface area (Å²) in [5.74, 6) is -1.78. The normalized spacial score (nSPS) is 20.4. The number of amides is 1. The van der Waals surface area contributed by atoms with Crippen LogP contribution in [0.2, 0.25) is 0 Å². The molecule has 1 aliphatic heterocycles. The van der Waals surface area contributed by atoms with E-state index < -0.39 is 11.6 Å². The quantitative estimate of drug-likeness (QED) is 0.868. The number of carbonyl (C=O) groups is 1. The van der Waals surface area contributed by atoms with Crippen molar-refractivity contribution < 1.29 is 13.6 Å². The molecule has 2 aromatic rings. The summed E-state index contributed by atoms with van der Waals surface area (Å²) in [5, 5.41) is 10.4. The van der Waals surface area contributed by atoms with Gasteiger partial charge in [0.05, 0.1) is 6.20 Å². The molecular weight excluding hydrogens is 326 g/mol. The first-order valence-electron chi connectivity index (χ1n) is 8.45. The van der Waals surface area contributed by atoms with Crippen LogP contribution in [0.25, 0.3) is 0 Å². The van der Waals surface area contributed by atoms with E-state index >= 15 is 0 Å². The maximum atomic E-state index is 13.5. The molecule has 25 heavy (non-hydrogen) atoms. The van der Waals surface area contributed by atoms with Crippen LogP contribution in [0.3, 0.4) is 0 Å². The van der Waals surface area contributed by atoms with Gasteiger partial charge in [-0.25, -0.2) is 8.78 Å². The van der Waals surface area contributed by atoms with E-state index in [0.29, 0.717) is 19.4 Å². The minimum Gasteiger partial charge on any atom is -0.351 e. The van der Waals surface area contributed by atoms with Crippen molar-refractivity contribution in [3.8, 4) is 0 Å². The Balaban J connectivity index is 1.62. The predicted octanol–water partition coefficient (Wildman–Crippen LogP) is 1.89. The van der Waals surface area contributed by atoms with E-state index in [1.807, 2.05) is 13.2 Å². The Hall–Kier alpha value is -2.28. The zero-order valence-corrected chi connectivity index (χ0v) is 14.1. The molecule has 3 rings (SSSR count). The number of aryl methyl sites for hydroxylation is 2. The van der Waals surface area contributed by atoms with Gasteiger partial charge in [0, 0.05) is 38.2 Å². The highest BCUT2D eigenvalue weighted by Gasteiger charge is 2.28. The van der Waals surface area contributed by atoms with Gasteiger partial charge in [-0.3, -0.25) is 9.48 Å². The van der Waals surface area contributed by atoms with Crippen molar-refractivity contribution in [1.82, 2.24) is 20.4 Å². The third-order valence-corrected chi connectivity index (χ3v) is 4.60. The predicted molar refractivity (Wildman–Crippen MR) is 90.0 cm³/mol. The number of hydrogen-bond donors (Lipinski definition) is 2. The van der Waals surface area contributed by atoms with E-state index in [1.165, 1.54) is 6.07 Å². The lowest BCUT2D eigenvalue weighted by Gasteiger charge is -2.33. The molecule has 1 saturated heterocycles. The molecule has 2 unspecified atom stereocenters. The minimum atomic E-state index is -0.852. The molecule has 0 aliphatic carbocycles. The topological polar surface area (TPSA) is 59.0 Å². The van der Waals surface area contributed by atoms with Crippen molar-refractivity contribution in [2.24, 2.45) is 7.05 Å². The monoisotopic (exact) mass is 348 g/mol. The first-order chi connectivity index (χ1) is 12.0. The zero-order valence-electron chi connectivity index (χ0n) is 14.1. The molecule has 1 amide bonds. The highest BCUT2D eigenvalue weighted by Crippen LogP contribution is 2.27. The van der Waals surface area contributed by atoms with Gasteiger partial charge in [0.2, 0.25) is 5.91 Å². The molecule has 2 N–H and O–H groups in total. The van der Waals surface area contributed by atoms with Crippen LogP contribution < -0.4 is 10.6 Å². The molecule has 5 nitrogen and oxygen atoms in total. The molecule has 1 aliphatic rings. The van der Waals surface area contributed by atoms with Crippen molar-refractivity contribution in [1.29, 1.82) is 0 Å². The van der Waals surface area contributed by atoms with Crippen LogP contribution in [0.5, 0.6) is 0 Å². The average Bonchev–Trinajstić information content (AvgIpc) is 3.02. The number of piperidine rings is 1. The van der Waals surface area contributed by atoms with Crippen LogP contribution in [0.1, 0.15) is 29.9 Å². The fourth-order valence-electron chi connectivity index (χ4n) is 3.29. The summed E-state index contributed by atoms with van der Waals surface area (Å²) in [6, 6.07) is 3.84. The smallest absolute Gasteiger partial charge is 0.220 e. The third-order valence-electron chi connectivity index (χ3n) is 4.60. The second-order valence-electron chi connectivity index (χ2n) is 6.47. The van der Waals surface area contributed by atoms with E-state index in [9.17, 15) is 13.6 Å². The van der Waals surface area contributed by atoms with Gasteiger partial charge >= 0.3 is 0 Å². The van der Waals surface area contributed by atoms with E-state index in [1.54, 1.807) is 16.9 Å². The van der Waals surface area contributed by atoms with Gasteiger partial charge in [0.1, 0.15) is 0 Å². The second kappa shape index (κ2) is 7.74. The Labute approximate surface area is 145 Å². The molecule has 7 heteroatoms. The molecule has 0 radical (unpaired) electrons. The van der Waals surface area contributed by atoms with E-state index in [0.717, 1.165) is 30.2 Å². The summed E-state index contributed by atoms with van der Waals surface area (Å²) in [6.07, 6.45) is 5.39. The molecule has 1 aromatic heterocycles. The number of carbonyl (C=O) groups excluding carboxylic acids is 1. The van der Waals surface area contributed by atoms with Gasteiger partial charge in [0.25, 0.3) is 0 Å². The Morgan fingerprint density at radius 1 is 1.40 bits per heavy atom. The Morgan fingerprint density at radius 3 is 2.96 bits per heavy atom. The van der Waals surface area contributed by atoms with Gasteiger partial charge in [-0.05, 0) is 42.6 Å². The van der Waals surface area contributed by atoms with Crippen molar-refractivity contribution in [2.45, 2.75) is 31.2 Å². The molecule has 0 spiro atoms. The number of nitrogens with one attached hydrogen (secondary N) is 2. The highest BCUT2D eigenvalue weighted by molar-refractivity contribution is 5.76. The zero-order chi connectivity index (χ0) is 17.8. The Kier molecular flexibility index (Phi) is 5.43. The van der Waals surface area contributed by atoms with Crippen LogP contribution in [0, 0.1) is 11.6 Å². The van der Waals surface area contributed by atoms with E-state index in [-0.39, 0.29) is 17.9 Å². The van der Waals surface area contributed by atoms with Crippen molar-refractivity contribution >= 4 is 5.91 Å². The number of rotatable bonds is 5. The van der Waals surface area contributed by atoms with Gasteiger partial charge in [-0.1, -0.05) is 6.07 Å². The van der Waals surface area contributed by atoms with E-state index in [2.05, 4.69) is 15.7 Å². The molecule has 1 fully saturated rings. The summed E-state index contributed by atoms with van der Waals surface area (Å²) >= 11 is 0. The van der Waals surface area contributed by atoms with E-state index in [4.69, 9.17) is 0 Å². The highest BCUT2D eigenvalue weighted by atomic mass is 19.2. The van der Waals surface area contributed by atoms with Crippen LogP contribution in [0.4, 0.5) is 8.78 Å². The van der Waals surface area contributed by atoms with Crippen molar-refractivity contribution in [2.75, 3.05) is 13.1 Å². The fraction of sp³-hybridized carbons (Fsp3) is 0.444. The molecule has 2 heterocycles. The summed E-state index contributed by atoms with van der Waals surface area (Å²) in [6.45, 7) is 1.40. The molecule has 0 saturated carbocycles. The molecule has 1 aromatic carbocycles. The lowest BCUT2D eigenvalue weighted by atomic mass is 9.86. The second-order valence-corrected chi connectivity index (χ2v) is 6.47. The Morgan fingerprint density at radius 2 is 2.24 bits per heavy atom. The summed E-state index contributed by atoms with van der Waals surface area (Å²) in [5.41, 5.74) is 1.73. The van der Waals surface area contributed by atoms with Crippen LogP contribution in [-0.2, 0) is 18.3 Å². The minimum absolute atomic E-state index is 0.0290. The Bertz CT molecular complexity index is 746. The average molecular weight is 348 g/mol. The first kappa shape index (κ1) is 17.5. The first-order valence-corrected chi connectivity index (χ1v) is 8.45. The lowest BCUT2D eigenvalue weighted by molar-refractivity contribution is -0.122. The summed E-state index contributed by atoms with van der Waals surface area (Å²) in [4.78, 5) is 12.3. The number of halogens is 2. The van der Waals surface area contributed by atoms with Gasteiger partial charge < -0.3 is 10.6 Å². The van der Waals surface area contributed by atoms with Crippen molar-refractivity contribution in [3.05, 3.63) is 53.4 Å². The SMILES string of the molecule is Cn1cc(CCC(=O)NC2CNCCC2c2ccc(F)c(F)c2)cn1. The standard InChI is InChI=1S/C18H22F2N4O/c1-24-11-12(9-22-24)2-5-18(25)23-17-10-21-7-6-14(17)13-3-4-15(19)16(20)8-13/h3-4,8-9,11,14,17,21H,2,5-7,10H2,1H3,(H,23,25). The van der Waals surface area contributed by atoms with Crippen LogP contribution >= 0.6 is 0 Å². The fourth-order valence-corrected chi connectivity index (χ4v) is 3.29.